The van der Waals surface area contributed by atoms with Crippen LogP contribution < -0.4 is 4.74 Å². The van der Waals surface area contributed by atoms with Gasteiger partial charge in [0.1, 0.15) is 5.75 Å². The highest BCUT2D eigenvalue weighted by Crippen LogP contribution is 2.27. The zero-order chi connectivity index (χ0) is 17.6. The van der Waals surface area contributed by atoms with Gasteiger partial charge in [-0.25, -0.2) is 0 Å². The Morgan fingerprint density at radius 1 is 0.720 bits per heavy atom. The molecule has 3 heteroatoms. The fourth-order valence-electron chi connectivity index (χ4n) is 2.70. The first-order chi connectivity index (χ1) is 12.2. The van der Waals surface area contributed by atoms with Crippen LogP contribution in [0, 0.1) is 0 Å². The standard InChI is InChI=1S/C22H22O3/c1-16(17-6-4-3-5-7-17)25-22(23)20-10-8-18(9-11-20)19-12-14-21(24-2)15-13-19/h3-16,22-23H,1-2H3. The first-order valence-corrected chi connectivity index (χ1v) is 8.30. The number of aliphatic hydroxyl groups is 1. The molecule has 0 aliphatic heterocycles. The first-order valence-electron chi connectivity index (χ1n) is 8.30. The van der Waals surface area contributed by atoms with Gasteiger partial charge in [0.25, 0.3) is 0 Å². The van der Waals surface area contributed by atoms with Crippen molar-refractivity contribution in [3.05, 3.63) is 90.0 Å². The number of rotatable bonds is 6. The highest BCUT2D eigenvalue weighted by Gasteiger charge is 2.14. The van der Waals surface area contributed by atoms with Gasteiger partial charge in [-0.15, -0.1) is 0 Å². The lowest BCUT2D eigenvalue weighted by Crippen LogP contribution is -2.07. The summed E-state index contributed by atoms with van der Waals surface area (Å²) in [4.78, 5) is 0. The maximum absolute atomic E-state index is 10.3. The molecule has 0 aromatic heterocycles. The van der Waals surface area contributed by atoms with Crippen molar-refractivity contribution in [2.75, 3.05) is 7.11 Å². The quantitative estimate of drug-likeness (QED) is 0.635. The summed E-state index contributed by atoms with van der Waals surface area (Å²) in [5.41, 5.74) is 3.95. The Labute approximate surface area is 148 Å². The summed E-state index contributed by atoms with van der Waals surface area (Å²) in [7, 11) is 1.65. The summed E-state index contributed by atoms with van der Waals surface area (Å²) in [5, 5.41) is 10.3. The van der Waals surface area contributed by atoms with Crippen molar-refractivity contribution in [2.24, 2.45) is 0 Å². The molecule has 0 fully saturated rings. The molecule has 0 spiro atoms. The molecule has 128 valence electrons. The topological polar surface area (TPSA) is 38.7 Å². The third-order valence-electron chi connectivity index (χ3n) is 4.22. The van der Waals surface area contributed by atoms with Gasteiger partial charge < -0.3 is 14.6 Å². The molecule has 3 aromatic carbocycles. The SMILES string of the molecule is COc1ccc(-c2ccc(C(O)OC(C)c3ccccc3)cc2)cc1. The number of methoxy groups -OCH3 is 1. The van der Waals surface area contributed by atoms with Gasteiger partial charge in [-0.05, 0) is 35.7 Å². The Balaban J connectivity index is 1.68. The molecule has 0 radical (unpaired) electrons. The van der Waals surface area contributed by atoms with Crippen molar-refractivity contribution >= 4 is 0 Å². The molecule has 0 amide bonds. The molecule has 0 aliphatic rings. The zero-order valence-electron chi connectivity index (χ0n) is 14.4. The van der Waals surface area contributed by atoms with Crippen molar-refractivity contribution in [2.45, 2.75) is 19.3 Å². The highest BCUT2D eigenvalue weighted by molar-refractivity contribution is 5.64. The van der Waals surface area contributed by atoms with Crippen molar-refractivity contribution in [3.63, 3.8) is 0 Å². The zero-order valence-corrected chi connectivity index (χ0v) is 14.4. The number of ether oxygens (including phenoxy) is 2. The fraction of sp³-hybridized carbons (Fsp3) is 0.182. The third kappa shape index (κ3) is 4.27. The van der Waals surface area contributed by atoms with Crippen LogP contribution >= 0.6 is 0 Å². The monoisotopic (exact) mass is 334 g/mol. The normalized spacial score (nSPS) is 13.2. The second-order valence-electron chi connectivity index (χ2n) is 5.89. The fourth-order valence-corrected chi connectivity index (χ4v) is 2.70. The Morgan fingerprint density at radius 3 is 1.84 bits per heavy atom. The maximum atomic E-state index is 10.3. The Morgan fingerprint density at radius 2 is 1.28 bits per heavy atom. The Kier molecular flexibility index (Phi) is 5.49. The second-order valence-corrected chi connectivity index (χ2v) is 5.89. The van der Waals surface area contributed by atoms with E-state index in [-0.39, 0.29) is 6.10 Å². The minimum Gasteiger partial charge on any atom is -0.497 e. The van der Waals surface area contributed by atoms with Gasteiger partial charge in [0.15, 0.2) is 6.29 Å². The number of benzene rings is 3. The molecular formula is C22H22O3. The molecule has 25 heavy (non-hydrogen) atoms. The molecule has 0 saturated heterocycles. The van der Waals surface area contributed by atoms with Crippen LogP contribution in [0.25, 0.3) is 11.1 Å². The summed E-state index contributed by atoms with van der Waals surface area (Å²) >= 11 is 0. The molecule has 0 bridgehead atoms. The van der Waals surface area contributed by atoms with Crippen LogP contribution in [0.15, 0.2) is 78.9 Å². The lowest BCUT2D eigenvalue weighted by atomic mass is 10.0. The minimum atomic E-state index is -0.958. The van der Waals surface area contributed by atoms with E-state index in [0.717, 1.165) is 28.0 Å². The second kappa shape index (κ2) is 7.97. The summed E-state index contributed by atoms with van der Waals surface area (Å²) < 4.78 is 10.9. The van der Waals surface area contributed by atoms with E-state index in [0.29, 0.717) is 0 Å². The van der Waals surface area contributed by atoms with Gasteiger partial charge in [0.2, 0.25) is 0 Å². The molecule has 2 unspecified atom stereocenters. The van der Waals surface area contributed by atoms with Gasteiger partial charge >= 0.3 is 0 Å². The van der Waals surface area contributed by atoms with Crippen LogP contribution in [0.2, 0.25) is 0 Å². The van der Waals surface area contributed by atoms with Crippen molar-refractivity contribution in [1.29, 1.82) is 0 Å². The maximum Gasteiger partial charge on any atom is 0.181 e. The lowest BCUT2D eigenvalue weighted by molar-refractivity contribution is -0.136. The third-order valence-corrected chi connectivity index (χ3v) is 4.22. The average molecular weight is 334 g/mol. The lowest BCUT2D eigenvalue weighted by Gasteiger charge is -2.19. The van der Waals surface area contributed by atoms with Crippen molar-refractivity contribution in [1.82, 2.24) is 0 Å². The van der Waals surface area contributed by atoms with E-state index >= 15 is 0 Å². The minimum absolute atomic E-state index is 0.183. The van der Waals surface area contributed by atoms with E-state index in [1.807, 2.05) is 85.8 Å². The van der Waals surface area contributed by atoms with E-state index in [9.17, 15) is 5.11 Å². The molecule has 0 saturated carbocycles. The average Bonchev–Trinajstić information content (AvgIpc) is 2.69. The summed E-state index contributed by atoms with van der Waals surface area (Å²) in [6.07, 6.45) is -1.14. The van der Waals surface area contributed by atoms with E-state index in [1.165, 1.54) is 0 Å². The number of aliphatic hydroxyl groups excluding tert-OH is 1. The molecule has 0 aliphatic carbocycles. The van der Waals surface area contributed by atoms with Crippen LogP contribution in [-0.2, 0) is 4.74 Å². The number of hydrogen-bond donors (Lipinski definition) is 1. The molecule has 2 atom stereocenters. The Hall–Kier alpha value is -2.62. The molecule has 0 heterocycles. The summed E-state index contributed by atoms with van der Waals surface area (Å²) in [6.45, 7) is 1.93. The van der Waals surface area contributed by atoms with Gasteiger partial charge in [-0.3, -0.25) is 0 Å². The molecule has 3 rings (SSSR count). The van der Waals surface area contributed by atoms with Crippen molar-refractivity contribution < 1.29 is 14.6 Å². The summed E-state index contributed by atoms with van der Waals surface area (Å²) in [6, 6.07) is 25.5. The molecule has 3 nitrogen and oxygen atoms in total. The predicted octanol–water partition coefficient (Wildman–Crippen LogP) is 5.13. The van der Waals surface area contributed by atoms with Crippen LogP contribution in [-0.4, -0.2) is 12.2 Å². The van der Waals surface area contributed by atoms with Crippen molar-refractivity contribution in [3.8, 4) is 16.9 Å². The van der Waals surface area contributed by atoms with Gasteiger partial charge in [-0.2, -0.15) is 0 Å². The smallest absolute Gasteiger partial charge is 0.181 e. The summed E-state index contributed by atoms with van der Waals surface area (Å²) in [5.74, 6) is 0.832. The first kappa shape index (κ1) is 17.2. The van der Waals surface area contributed by atoms with Crippen LogP contribution in [0.5, 0.6) is 5.75 Å². The molecular weight excluding hydrogens is 312 g/mol. The van der Waals surface area contributed by atoms with Gasteiger partial charge in [0.05, 0.1) is 13.2 Å². The highest BCUT2D eigenvalue weighted by atomic mass is 16.6. The van der Waals surface area contributed by atoms with E-state index in [1.54, 1.807) is 7.11 Å². The van der Waals surface area contributed by atoms with Gasteiger partial charge in [0, 0.05) is 5.56 Å². The number of hydrogen-bond acceptors (Lipinski definition) is 3. The molecule has 1 N–H and O–H groups in total. The van der Waals surface area contributed by atoms with E-state index in [4.69, 9.17) is 9.47 Å². The van der Waals surface area contributed by atoms with Gasteiger partial charge in [-0.1, -0.05) is 66.7 Å². The largest absolute Gasteiger partial charge is 0.497 e. The van der Waals surface area contributed by atoms with E-state index in [2.05, 4.69) is 0 Å². The van der Waals surface area contributed by atoms with Crippen LogP contribution in [0.1, 0.15) is 30.4 Å². The van der Waals surface area contributed by atoms with Crippen LogP contribution in [0.4, 0.5) is 0 Å². The molecule has 3 aromatic rings. The van der Waals surface area contributed by atoms with E-state index < -0.39 is 6.29 Å². The van der Waals surface area contributed by atoms with Crippen LogP contribution in [0.3, 0.4) is 0 Å². The predicted molar refractivity (Wildman–Crippen MR) is 99.3 cm³/mol. The Bertz CT molecular complexity index is 780.